The largest absolute Gasteiger partial charge is 0.494 e. The molecule has 0 radical (unpaired) electrons. The van der Waals surface area contributed by atoms with Crippen LogP contribution >= 0.6 is 11.6 Å². The second-order valence-corrected chi connectivity index (χ2v) is 5.04. The summed E-state index contributed by atoms with van der Waals surface area (Å²) in [5.41, 5.74) is 0.915. The van der Waals surface area contributed by atoms with E-state index in [1.807, 2.05) is 24.3 Å². The molecule has 1 aromatic heterocycles. The number of hydrogen-bond acceptors (Lipinski definition) is 3. The van der Waals surface area contributed by atoms with Gasteiger partial charge < -0.3 is 10.1 Å². The molecule has 1 amide bonds. The van der Waals surface area contributed by atoms with Gasteiger partial charge in [0, 0.05) is 17.3 Å². The first kappa shape index (κ1) is 16.0. The Labute approximate surface area is 134 Å². The first-order valence-electron chi connectivity index (χ1n) is 7.01. The van der Waals surface area contributed by atoms with Gasteiger partial charge in [0.1, 0.15) is 11.6 Å². The fraction of sp³-hybridized carbons (Fsp3) is 0.176. The minimum absolute atomic E-state index is 0.263. The van der Waals surface area contributed by atoms with E-state index in [2.05, 4.69) is 17.2 Å². The first-order chi connectivity index (χ1) is 10.7. The molecule has 0 fully saturated rings. The fourth-order valence-electron chi connectivity index (χ4n) is 1.71. The summed E-state index contributed by atoms with van der Waals surface area (Å²) >= 11 is 5.83. The number of halogens is 1. The van der Waals surface area contributed by atoms with Crippen LogP contribution in [0.25, 0.3) is 6.08 Å². The minimum atomic E-state index is -0.263. The standard InChI is InChI=1S/C17H17ClN2O2/c1-2-11-22-15-6-3-13(4-7-15)5-8-17(21)20-16-12-14(18)9-10-19-16/h3-10,12H,2,11H2,1H3,(H,19,20,21)/b8-5+. The second kappa shape index (κ2) is 8.20. The van der Waals surface area contributed by atoms with Gasteiger partial charge in [-0.25, -0.2) is 4.98 Å². The van der Waals surface area contributed by atoms with Crippen molar-refractivity contribution >= 4 is 29.4 Å². The third-order valence-electron chi connectivity index (χ3n) is 2.75. The van der Waals surface area contributed by atoms with Crippen LogP contribution in [0.15, 0.2) is 48.7 Å². The van der Waals surface area contributed by atoms with E-state index in [1.54, 1.807) is 18.2 Å². The van der Waals surface area contributed by atoms with Gasteiger partial charge in [-0.2, -0.15) is 0 Å². The quantitative estimate of drug-likeness (QED) is 0.813. The molecule has 2 aromatic rings. The number of pyridine rings is 1. The molecule has 0 aliphatic heterocycles. The van der Waals surface area contributed by atoms with Crippen LogP contribution in [0, 0.1) is 0 Å². The zero-order valence-corrected chi connectivity index (χ0v) is 13.0. The van der Waals surface area contributed by atoms with Crippen LogP contribution in [0.1, 0.15) is 18.9 Å². The molecule has 114 valence electrons. The van der Waals surface area contributed by atoms with Gasteiger partial charge in [-0.15, -0.1) is 0 Å². The monoisotopic (exact) mass is 316 g/mol. The number of ether oxygens (including phenoxy) is 1. The number of carbonyl (C=O) groups excluding carboxylic acids is 1. The Bertz CT molecular complexity index is 654. The highest BCUT2D eigenvalue weighted by Gasteiger charge is 2.00. The second-order valence-electron chi connectivity index (χ2n) is 4.60. The van der Waals surface area contributed by atoms with Crippen LogP contribution in [0.2, 0.25) is 5.02 Å². The molecule has 0 unspecified atom stereocenters. The van der Waals surface area contributed by atoms with Crippen molar-refractivity contribution in [2.24, 2.45) is 0 Å². The van der Waals surface area contributed by atoms with E-state index in [0.717, 1.165) is 17.7 Å². The topological polar surface area (TPSA) is 51.2 Å². The van der Waals surface area contributed by atoms with Crippen molar-refractivity contribution in [3.8, 4) is 5.75 Å². The van der Waals surface area contributed by atoms with E-state index in [1.165, 1.54) is 12.3 Å². The molecule has 0 bridgehead atoms. The molecule has 0 spiro atoms. The van der Waals surface area contributed by atoms with Crippen molar-refractivity contribution in [3.63, 3.8) is 0 Å². The summed E-state index contributed by atoms with van der Waals surface area (Å²) in [5.74, 6) is 0.984. The van der Waals surface area contributed by atoms with Crippen LogP contribution in [-0.2, 0) is 4.79 Å². The van der Waals surface area contributed by atoms with Crippen molar-refractivity contribution in [1.29, 1.82) is 0 Å². The molecule has 22 heavy (non-hydrogen) atoms. The number of nitrogens with zero attached hydrogens (tertiary/aromatic N) is 1. The number of aromatic nitrogens is 1. The van der Waals surface area contributed by atoms with Crippen molar-refractivity contribution in [3.05, 3.63) is 59.3 Å². The lowest BCUT2D eigenvalue weighted by molar-refractivity contribution is -0.111. The summed E-state index contributed by atoms with van der Waals surface area (Å²) < 4.78 is 5.50. The number of rotatable bonds is 6. The number of nitrogens with one attached hydrogen (secondary N) is 1. The number of hydrogen-bond donors (Lipinski definition) is 1. The van der Waals surface area contributed by atoms with Crippen LogP contribution in [0.5, 0.6) is 5.75 Å². The highest BCUT2D eigenvalue weighted by atomic mass is 35.5. The van der Waals surface area contributed by atoms with Gasteiger partial charge in [-0.05, 0) is 42.3 Å². The SMILES string of the molecule is CCCOc1ccc(/C=C/C(=O)Nc2cc(Cl)ccn2)cc1. The maximum absolute atomic E-state index is 11.8. The lowest BCUT2D eigenvalue weighted by atomic mass is 10.2. The van der Waals surface area contributed by atoms with Crippen molar-refractivity contribution in [1.82, 2.24) is 4.98 Å². The summed E-state index contributed by atoms with van der Waals surface area (Å²) in [6.07, 6.45) is 5.68. The Balaban J connectivity index is 1.92. The van der Waals surface area contributed by atoms with E-state index in [9.17, 15) is 4.79 Å². The molecule has 0 atom stereocenters. The van der Waals surface area contributed by atoms with E-state index in [-0.39, 0.29) is 5.91 Å². The summed E-state index contributed by atoms with van der Waals surface area (Å²) in [5, 5.41) is 3.17. The molecule has 4 nitrogen and oxygen atoms in total. The maximum atomic E-state index is 11.8. The Hall–Kier alpha value is -2.33. The van der Waals surface area contributed by atoms with Gasteiger partial charge >= 0.3 is 0 Å². The fourth-order valence-corrected chi connectivity index (χ4v) is 1.87. The lowest BCUT2D eigenvalue weighted by Crippen LogP contribution is -2.08. The average Bonchev–Trinajstić information content (AvgIpc) is 2.52. The normalized spacial score (nSPS) is 10.6. The Morgan fingerprint density at radius 2 is 2.09 bits per heavy atom. The smallest absolute Gasteiger partial charge is 0.249 e. The summed E-state index contributed by atoms with van der Waals surface area (Å²) in [7, 11) is 0. The molecular formula is C17H17ClN2O2. The van der Waals surface area contributed by atoms with Gasteiger partial charge in [0.2, 0.25) is 5.91 Å². The van der Waals surface area contributed by atoms with Crippen molar-refractivity contribution in [2.75, 3.05) is 11.9 Å². The third kappa shape index (κ3) is 5.22. The first-order valence-corrected chi connectivity index (χ1v) is 7.38. The Morgan fingerprint density at radius 1 is 1.32 bits per heavy atom. The Kier molecular flexibility index (Phi) is 5.98. The van der Waals surface area contributed by atoms with E-state index in [4.69, 9.17) is 16.3 Å². The number of amides is 1. The summed E-state index contributed by atoms with van der Waals surface area (Å²) in [6.45, 7) is 2.76. The van der Waals surface area contributed by atoms with Crippen LogP contribution in [-0.4, -0.2) is 17.5 Å². The summed E-state index contributed by atoms with van der Waals surface area (Å²) in [6, 6.07) is 10.8. The van der Waals surface area contributed by atoms with Crippen molar-refractivity contribution < 1.29 is 9.53 Å². The van der Waals surface area contributed by atoms with E-state index >= 15 is 0 Å². The Morgan fingerprint density at radius 3 is 2.77 bits per heavy atom. The minimum Gasteiger partial charge on any atom is -0.494 e. The lowest BCUT2D eigenvalue weighted by Gasteiger charge is -2.04. The van der Waals surface area contributed by atoms with E-state index in [0.29, 0.717) is 17.4 Å². The molecule has 1 N–H and O–H groups in total. The predicted octanol–water partition coefficient (Wildman–Crippen LogP) is 4.18. The molecule has 2 rings (SSSR count). The van der Waals surface area contributed by atoms with Gasteiger partial charge in [0.25, 0.3) is 0 Å². The van der Waals surface area contributed by atoms with Crippen molar-refractivity contribution in [2.45, 2.75) is 13.3 Å². The molecule has 5 heteroatoms. The van der Waals surface area contributed by atoms with Crippen LogP contribution < -0.4 is 10.1 Å². The zero-order valence-electron chi connectivity index (χ0n) is 12.3. The molecule has 1 heterocycles. The highest BCUT2D eigenvalue weighted by molar-refractivity contribution is 6.30. The number of anilines is 1. The maximum Gasteiger partial charge on any atom is 0.249 e. The van der Waals surface area contributed by atoms with Gasteiger partial charge in [0.05, 0.1) is 6.61 Å². The molecule has 0 aliphatic rings. The number of carbonyl (C=O) groups is 1. The molecule has 0 saturated heterocycles. The highest BCUT2D eigenvalue weighted by Crippen LogP contribution is 2.14. The summed E-state index contributed by atoms with van der Waals surface area (Å²) in [4.78, 5) is 15.8. The predicted molar refractivity (Wildman–Crippen MR) is 89.1 cm³/mol. The van der Waals surface area contributed by atoms with Gasteiger partial charge in [-0.1, -0.05) is 30.7 Å². The molecule has 1 aromatic carbocycles. The van der Waals surface area contributed by atoms with Gasteiger partial charge in [-0.3, -0.25) is 4.79 Å². The van der Waals surface area contributed by atoms with E-state index < -0.39 is 0 Å². The molecule has 0 aliphatic carbocycles. The van der Waals surface area contributed by atoms with Gasteiger partial charge in [0.15, 0.2) is 0 Å². The number of benzene rings is 1. The zero-order chi connectivity index (χ0) is 15.8. The third-order valence-corrected chi connectivity index (χ3v) is 2.99. The van der Waals surface area contributed by atoms with Crippen LogP contribution in [0.3, 0.4) is 0 Å². The van der Waals surface area contributed by atoms with Crippen LogP contribution in [0.4, 0.5) is 5.82 Å². The molecular weight excluding hydrogens is 300 g/mol. The molecule has 0 saturated carbocycles. The average molecular weight is 317 g/mol.